The smallest absolute Gasteiger partial charge is 0.0591 e. The molecule has 70 valence electrons. The first-order valence-corrected chi connectivity index (χ1v) is 4.42. The Hall–Kier alpha value is -0.600. The van der Waals surface area contributed by atoms with Crippen LogP contribution in [0.3, 0.4) is 0 Å². The first kappa shape index (κ1) is 11.4. The molecule has 0 spiro atoms. The van der Waals surface area contributed by atoms with Crippen LogP contribution in [0.25, 0.3) is 0 Å². The lowest BCUT2D eigenvalue weighted by atomic mass is 10.4. The summed E-state index contributed by atoms with van der Waals surface area (Å²) in [5.74, 6) is 0. The van der Waals surface area contributed by atoms with Crippen LogP contribution in [-0.2, 0) is 4.74 Å². The van der Waals surface area contributed by atoms with E-state index in [1.807, 2.05) is 19.1 Å². The Morgan fingerprint density at radius 1 is 1.42 bits per heavy atom. The van der Waals surface area contributed by atoms with E-state index in [0.717, 1.165) is 32.7 Å². The summed E-state index contributed by atoms with van der Waals surface area (Å²) in [6.07, 6.45) is 6.93. The molecule has 0 atom stereocenters. The quantitative estimate of drug-likeness (QED) is 0.441. The van der Waals surface area contributed by atoms with Crippen LogP contribution < -0.4 is 5.32 Å². The van der Waals surface area contributed by atoms with E-state index < -0.39 is 0 Å². The summed E-state index contributed by atoms with van der Waals surface area (Å²) in [6.45, 7) is 9.05. The zero-order valence-electron chi connectivity index (χ0n) is 7.88. The van der Waals surface area contributed by atoms with Gasteiger partial charge in [0.1, 0.15) is 0 Å². The predicted octanol–water partition coefficient (Wildman–Crippen LogP) is 1.74. The highest BCUT2D eigenvalue weighted by molar-refractivity contribution is 4.78. The number of hydrogen-bond acceptors (Lipinski definition) is 2. The van der Waals surface area contributed by atoms with Crippen LogP contribution in [0.15, 0.2) is 24.8 Å². The summed E-state index contributed by atoms with van der Waals surface area (Å²) in [5.41, 5.74) is 0. The van der Waals surface area contributed by atoms with E-state index in [9.17, 15) is 0 Å². The van der Waals surface area contributed by atoms with Crippen molar-refractivity contribution in [3.8, 4) is 0 Å². The SMILES string of the molecule is C=CCCOCCNC/C=C/C. The first-order chi connectivity index (χ1) is 5.91. The maximum absolute atomic E-state index is 5.30. The fraction of sp³-hybridized carbons (Fsp3) is 0.600. The van der Waals surface area contributed by atoms with Gasteiger partial charge in [-0.3, -0.25) is 0 Å². The maximum atomic E-state index is 5.30. The van der Waals surface area contributed by atoms with E-state index in [0.29, 0.717) is 0 Å². The molecule has 2 nitrogen and oxygen atoms in total. The van der Waals surface area contributed by atoms with Gasteiger partial charge in [0.15, 0.2) is 0 Å². The molecule has 12 heavy (non-hydrogen) atoms. The lowest BCUT2D eigenvalue weighted by molar-refractivity contribution is 0.141. The highest BCUT2D eigenvalue weighted by Crippen LogP contribution is 1.81. The van der Waals surface area contributed by atoms with Gasteiger partial charge in [-0.15, -0.1) is 6.58 Å². The van der Waals surface area contributed by atoms with Gasteiger partial charge in [-0.2, -0.15) is 0 Å². The Balaban J connectivity index is 2.86. The molecule has 0 unspecified atom stereocenters. The molecule has 0 fully saturated rings. The number of rotatable bonds is 8. The fourth-order valence-electron chi connectivity index (χ4n) is 0.716. The summed E-state index contributed by atoms with van der Waals surface area (Å²) in [6, 6.07) is 0. The molecule has 0 aliphatic carbocycles. The van der Waals surface area contributed by atoms with E-state index >= 15 is 0 Å². The predicted molar refractivity (Wildman–Crippen MR) is 53.3 cm³/mol. The zero-order chi connectivity index (χ0) is 9.07. The van der Waals surface area contributed by atoms with Crippen molar-refractivity contribution in [2.75, 3.05) is 26.3 Å². The Kier molecular flexibility index (Phi) is 9.88. The van der Waals surface area contributed by atoms with E-state index in [4.69, 9.17) is 4.74 Å². The molecule has 0 aliphatic rings. The Bertz CT molecular complexity index is 121. The topological polar surface area (TPSA) is 21.3 Å². The average molecular weight is 169 g/mol. The number of hydrogen-bond donors (Lipinski definition) is 1. The van der Waals surface area contributed by atoms with Gasteiger partial charge < -0.3 is 10.1 Å². The highest BCUT2D eigenvalue weighted by atomic mass is 16.5. The highest BCUT2D eigenvalue weighted by Gasteiger charge is 1.84. The van der Waals surface area contributed by atoms with Crippen LogP contribution in [0.4, 0.5) is 0 Å². The van der Waals surface area contributed by atoms with Crippen molar-refractivity contribution in [1.82, 2.24) is 5.32 Å². The van der Waals surface area contributed by atoms with E-state index in [-0.39, 0.29) is 0 Å². The molecule has 0 heterocycles. The molecule has 0 radical (unpaired) electrons. The molecule has 2 heteroatoms. The molecule has 0 rings (SSSR count). The summed E-state index contributed by atoms with van der Waals surface area (Å²) in [5, 5.41) is 3.23. The average Bonchev–Trinajstić information content (AvgIpc) is 2.10. The molecular formula is C10H19NO. The second-order valence-corrected chi connectivity index (χ2v) is 2.46. The molecule has 0 saturated heterocycles. The van der Waals surface area contributed by atoms with Crippen molar-refractivity contribution in [2.45, 2.75) is 13.3 Å². The van der Waals surface area contributed by atoms with Crippen LogP contribution in [0.1, 0.15) is 13.3 Å². The molecule has 0 aromatic rings. The van der Waals surface area contributed by atoms with Crippen molar-refractivity contribution < 1.29 is 4.74 Å². The van der Waals surface area contributed by atoms with Crippen molar-refractivity contribution in [3.05, 3.63) is 24.8 Å². The molecule has 0 bridgehead atoms. The van der Waals surface area contributed by atoms with Gasteiger partial charge in [0, 0.05) is 13.1 Å². The molecule has 0 saturated carbocycles. The molecule has 0 aliphatic heterocycles. The monoisotopic (exact) mass is 169 g/mol. The summed E-state index contributed by atoms with van der Waals surface area (Å²) in [7, 11) is 0. The third-order valence-corrected chi connectivity index (χ3v) is 1.39. The first-order valence-electron chi connectivity index (χ1n) is 4.42. The van der Waals surface area contributed by atoms with Crippen LogP contribution in [-0.4, -0.2) is 26.3 Å². The molecular weight excluding hydrogens is 150 g/mol. The normalized spacial score (nSPS) is 10.8. The largest absolute Gasteiger partial charge is 0.380 e. The van der Waals surface area contributed by atoms with Crippen molar-refractivity contribution in [3.63, 3.8) is 0 Å². The number of allylic oxidation sites excluding steroid dienone is 1. The third-order valence-electron chi connectivity index (χ3n) is 1.39. The fourth-order valence-corrected chi connectivity index (χ4v) is 0.716. The van der Waals surface area contributed by atoms with Crippen molar-refractivity contribution >= 4 is 0 Å². The summed E-state index contributed by atoms with van der Waals surface area (Å²) in [4.78, 5) is 0. The molecule has 0 amide bonds. The van der Waals surface area contributed by atoms with Gasteiger partial charge in [-0.25, -0.2) is 0 Å². The molecule has 0 aromatic heterocycles. The van der Waals surface area contributed by atoms with Gasteiger partial charge in [0.05, 0.1) is 13.2 Å². The lowest BCUT2D eigenvalue weighted by Gasteiger charge is -2.02. The second-order valence-electron chi connectivity index (χ2n) is 2.46. The summed E-state index contributed by atoms with van der Waals surface area (Å²) >= 11 is 0. The van der Waals surface area contributed by atoms with Gasteiger partial charge in [-0.05, 0) is 13.3 Å². The van der Waals surface area contributed by atoms with Crippen LogP contribution in [0, 0.1) is 0 Å². The number of nitrogens with one attached hydrogen (secondary N) is 1. The second kappa shape index (κ2) is 10.4. The lowest BCUT2D eigenvalue weighted by Crippen LogP contribution is -2.19. The number of ether oxygens (including phenoxy) is 1. The zero-order valence-corrected chi connectivity index (χ0v) is 7.88. The maximum Gasteiger partial charge on any atom is 0.0591 e. The van der Waals surface area contributed by atoms with Crippen LogP contribution in [0.2, 0.25) is 0 Å². The van der Waals surface area contributed by atoms with Gasteiger partial charge in [0.25, 0.3) is 0 Å². The van der Waals surface area contributed by atoms with Crippen molar-refractivity contribution in [1.29, 1.82) is 0 Å². The van der Waals surface area contributed by atoms with Crippen molar-refractivity contribution in [2.24, 2.45) is 0 Å². The Labute approximate surface area is 75.3 Å². The minimum atomic E-state index is 0.783. The van der Waals surface area contributed by atoms with E-state index in [2.05, 4.69) is 18.0 Å². The minimum absolute atomic E-state index is 0.783. The van der Waals surface area contributed by atoms with Gasteiger partial charge in [0.2, 0.25) is 0 Å². The van der Waals surface area contributed by atoms with E-state index in [1.54, 1.807) is 0 Å². The molecule has 0 aromatic carbocycles. The van der Waals surface area contributed by atoms with Crippen LogP contribution >= 0.6 is 0 Å². The third kappa shape index (κ3) is 9.40. The minimum Gasteiger partial charge on any atom is -0.380 e. The van der Waals surface area contributed by atoms with Gasteiger partial charge >= 0.3 is 0 Å². The van der Waals surface area contributed by atoms with Gasteiger partial charge in [-0.1, -0.05) is 18.2 Å². The Morgan fingerprint density at radius 2 is 2.25 bits per heavy atom. The van der Waals surface area contributed by atoms with E-state index in [1.165, 1.54) is 0 Å². The standard InChI is InChI=1S/C10H19NO/c1-3-5-7-11-8-10-12-9-6-4-2/h3-5,11H,2,6-10H2,1H3/b5-3+. The van der Waals surface area contributed by atoms with Crippen LogP contribution in [0.5, 0.6) is 0 Å². The Morgan fingerprint density at radius 3 is 2.92 bits per heavy atom. The summed E-state index contributed by atoms with van der Waals surface area (Å²) < 4.78 is 5.30. The molecule has 1 N–H and O–H groups in total.